The number of hydrogen-bond donors (Lipinski definition) is 1. The summed E-state index contributed by atoms with van der Waals surface area (Å²) in [7, 11) is 1.66. The summed E-state index contributed by atoms with van der Waals surface area (Å²) in [5.41, 5.74) is 0.902. The molecule has 2 nitrogen and oxygen atoms in total. The summed E-state index contributed by atoms with van der Waals surface area (Å²) in [6.45, 7) is 1.76. The molecule has 1 N–H and O–H groups in total. The predicted molar refractivity (Wildman–Crippen MR) is 81.9 cm³/mol. The number of halogens is 1. The van der Waals surface area contributed by atoms with E-state index >= 15 is 0 Å². The Morgan fingerprint density at radius 3 is 2.26 bits per heavy atom. The Morgan fingerprint density at radius 1 is 1.11 bits per heavy atom. The lowest BCUT2D eigenvalue weighted by Crippen LogP contribution is -1.92. The van der Waals surface area contributed by atoms with Gasteiger partial charge in [-0.25, -0.2) is 0 Å². The van der Waals surface area contributed by atoms with Crippen molar-refractivity contribution in [2.24, 2.45) is 0 Å². The molecule has 0 saturated heterocycles. The van der Waals surface area contributed by atoms with Gasteiger partial charge in [-0.2, -0.15) is 0 Å². The van der Waals surface area contributed by atoms with Gasteiger partial charge < -0.3 is 9.84 Å². The zero-order valence-electron chi connectivity index (χ0n) is 10.8. The molecule has 0 fully saturated rings. The van der Waals surface area contributed by atoms with Gasteiger partial charge in [-0.15, -0.1) is 0 Å². The topological polar surface area (TPSA) is 29.5 Å². The van der Waals surface area contributed by atoms with E-state index in [0.29, 0.717) is 0 Å². The van der Waals surface area contributed by atoms with Crippen molar-refractivity contribution in [3.8, 4) is 5.75 Å². The van der Waals surface area contributed by atoms with E-state index in [2.05, 4.69) is 15.9 Å². The van der Waals surface area contributed by atoms with Crippen LogP contribution in [-0.4, -0.2) is 12.2 Å². The molecule has 0 aliphatic carbocycles. The highest BCUT2D eigenvalue weighted by atomic mass is 79.9. The second-order valence-corrected chi connectivity index (χ2v) is 6.14. The first kappa shape index (κ1) is 14.4. The maximum absolute atomic E-state index is 9.59. The van der Waals surface area contributed by atoms with Crippen LogP contribution in [0.4, 0.5) is 0 Å². The minimum Gasteiger partial charge on any atom is -0.497 e. The summed E-state index contributed by atoms with van der Waals surface area (Å²) in [6.07, 6.45) is -0.464. The van der Waals surface area contributed by atoms with Gasteiger partial charge >= 0.3 is 0 Å². The summed E-state index contributed by atoms with van der Waals surface area (Å²) in [5, 5.41) is 9.59. The molecule has 0 aliphatic heterocycles. The Balaban J connectivity index is 2.16. The van der Waals surface area contributed by atoms with Gasteiger partial charge in [0.25, 0.3) is 0 Å². The van der Waals surface area contributed by atoms with Gasteiger partial charge in [-0.05, 0) is 48.9 Å². The van der Waals surface area contributed by atoms with Gasteiger partial charge in [-0.1, -0.05) is 33.8 Å². The van der Waals surface area contributed by atoms with Crippen molar-refractivity contribution in [1.82, 2.24) is 0 Å². The van der Waals surface area contributed by atoms with Crippen LogP contribution in [0.1, 0.15) is 18.6 Å². The number of ether oxygens (including phenoxy) is 1. The lowest BCUT2D eigenvalue weighted by atomic mass is 10.1. The highest BCUT2D eigenvalue weighted by Crippen LogP contribution is 2.33. The molecule has 1 atom stereocenters. The minimum absolute atomic E-state index is 0.464. The molecule has 2 rings (SSSR count). The van der Waals surface area contributed by atoms with E-state index in [9.17, 15) is 5.11 Å². The molecular formula is C15H15BrO2S. The van der Waals surface area contributed by atoms with Gasteiger partial charge in [0.2, 0.25) is 0 Å². The number of methoxy groups -OCH3 is 1. The fraction of sp³-hybridized carbons (Fsp3) is 0.200. The van der Waals surface area contributed by atoms with Crippen LogP contribution >= 0.6 is 27.7 Å². The second-order valence-electron chi connectivity index (χ2n) is 4.14. The van der Waals surface area contributed by atoms with Crippen LogP contribution in [0.15, 0.2) is 56.7 Å². The first-order chi connectivity index (χ1) is 9.10. The molecular weight excluding hydrogens is 324 g/mol. The SMILES string of the molecule is COc1ccc(Sc2ccc([C@H](C)O)c(Br)c2)cc1. The third-order valence-corrected chi connectivity index (χ3v) is 4.40. The van der Waals surface area contributed by atoms with E-state index in [1.807, 2.05) is 42.5 Å². The maximum atomic E-state index is 9.59. The molecule has 0 amide bonds. The largest absolute Gasteiger partial charge is 0.497 e. The average Bonchev–Trinajstić information content (AvgIpc) is 2.39. The third-order valence-electron chi connectivity index (χ3n) is 2.72. The standard InChI is InChI=1S/C15H15BrO2S/c1-10(17)14-8-7-13(9-15(14)16)19-12-5-3-11(18-2)4-6-12/h3-10,17H,1-2H3/t10-/m0/s1. The zero-order chi connectivity index (χ0) is 13.8. The lowest BCUT2D eigenvalue weighted by molar-refractivity contribution is 0.198. The number of aliphatic hydroxyl groups is 1. The summed E-state index contributed by atoms with van der Waals surface area (Å²) in [6, 6.07) is 13.9. The zero-order valence-corrected chi connectivity index (χ0v) is 13.2. The molecule has 19 heavy (non-hydrogen) atoms. The van der Waals surface area contributed by atoms with Crippen molar-refractivity contribution in [3.05, 3.63) is 52.5 Å². The Labute approximate surface area is 125 Å². The van der Waals surface area contributed by atoms with Crippen LogP contribution in [0.2, 0.25) is 0 Å². The quantitative estimate of drug-likeness (QED) is 0.878. The number of benzene rings is 2. The molecule has 0 aliphatic rings. The molecule has 2 aromatic carbocycles. The van der Waals surface area contributed by atoms with E-state index in [-0.39, 0.29) is 0 Å². The van der Waals surface area contributed by atoms with Crippen molar-refractivity contribution in [1.29, 1.82) is 0 Å². The molecule has 0 spiro atoms. The first-order valence-electron chi connectivity index (χ1n) is 5.89. The normalized spacial score (nSPS) is 12.2. The molecule has 0 saturated carbocycles. The Hall–Kier alpha value is -0.970. The van der Waals surface area contributed by atoms with Crippen molar-refractivity contribution in [2.75, 3.05) is 7.11 Å². The van der Waals surface area contributed by atoms with Crippen LogP contribution in [0.5, 0.6) is 5.75 Å². The van der Waals surface area contributed by atoms with E-state index < -0.39 is 6.10 Å². The van der Waals surface area contributed by atoms with E-state index in [4.69, 9.17) is 4.74 Å². The smallest absolute Gasteiger partial charge is 0.118 e. The fourth-order valence-electron chi connectivity index (χ4n) is 1.69. The minimum atomic E-state index is -0.464. The maximum Gasteiger partial charge on any atom is 0.118 e. The van der Waals surface area contributed by atoms with Gasteiger partial charge in [0.05, 0.1) is 13.2 Å². The Kier molecular flexibility index (Phi) is 4.91. The van der Waals surface area contributed by atoms with E-state index in [1.54, 1.807) is 25.8 Å². The van der Waals surface area contributed by atoms with Crippen LogP contribution < -0.4 is 4.74 Å². The van der Waals surface area contributed by atoms with Crippen molar-refractivity contribution < 1.29 is 9.84 Å². The van der Waals surface area contributed by atoms with Crippen LogP contribution in [0.25, 0.3) is 0 Å². The summed E-state index contributed by atoms with van der Waals surface area (Å²) >= 11 is 5.16. The predicted octanol–water partition coefficient (Wildman–Crippen LogP) is 4.66. The molecule has 100 valence electrons. The van der Waals surface area contributed by atoms with Gasteiger partial charge in [0.1, 0.15) is 5.75 Å². The molecule has 0 bridgehead atoms. The van der Waals surface area contributed by atoms with Gasteiger partial charge in [-0.3, -0.25) is 0 Å². The van der Waals surface area contributed by atoms with E-state index in [0.717, 1.165) is 25.6 Å². The molecule has 0 aromatic heterocycles. The fourth-order valence-corrected chi connectivity index (χ4v) is 3.41. The van der Waals surface area contributed by atoms with Crippen molar-refractivity contribution >= 4 is 27.7 Å². The summed E-state index contributed by atoms with van der Waals surface area (Å²) in [4.78, 5) is 2.28. The first-order valence-corrected chi connectivity index (χ1v) is 7.50. The highest BCUT2D eigenvalue weighted by molar-refractivity contribution is 9.10. The van der Waals surface area contributed by atoms with Crippen LogP contribution in [0, 0.1) is 0 Å². The molecule has 0 unspecified atom stereocenters. The van der Waals surface area contributed by atoms with Gasteiger partial charge in [0, 0.05) is 14.3 Å². The Bertz CT molecular complexity index is 553. The monoisotopic (exact) mass is 338 g/mol. The van der Waals surface area contributed by atoms with Crippen LogP contribution in [0.3, 0.4) is 0 Å². The molecule has 4 heteroatoms. The van der Waals surface area contributed by atoms with Gasteiger partial charge in [0.15, 0.2) is 0 Å². The third kappa shape index (κ3) is 3.75. The number of hydrogen-bond acceptors (Lipinski definition) is 3. The molecule has 0 heterocycles. The summed E-state index contributed by atoms with van der Waals surface area (Å²) in [5.74, 6) is 0.856. The second kappa shape index (κ2) is 6.46. The number of aliphatic hydroxyl groups excluding tert-OH is 1. The summed E-state index contributed by atoms with van der Waals surface area (Å²) < 4.78 is 6.07. The molecule has 2 aromatic rings. The highest BCUT2D eigenvalue weighted by Gasteiger charge is 2.07. The Morgan fingerprint density at radius 2 is 1.74 bits per heavy atom. The molecule has 0 radical (unpaired) electrons. The van der Waals surface area contributed by atoms with Crippen molar-refractivity contribution in [2.45, 2.75) is 22.8 Å². The number of rotatable bonds is 4. The van der Waals surface area contributed by atoms with Crippen molar-refractivity contribution in [3.63, 3.8) is 0 Å². The van der Waals surface area contributed by atoms with Crippen LogP contribution in [-0.2, 0) is 0 Å². The lowest BCUT2D eigenvalue weighted by Gasteiger charge is -2.09. The van der Waals surface area contributed by atoms with E-state index in [1.165, 1.54) is 0 Å². The average molecular weight is 339 g/mol.